The highest BCUT2D eigenvalue weighted by Gasteiger charge is 2.32. The molecule has 0 aliphatic carbocycles. The molecule has 3 aromatic carbocycles. The number of piperazine rings is 1. The van der Waals surface area contributed by atoms with Gasteiger partial charge in [0.05, 0.1) is 35.6 Å². The molecule has 2 aromatic heterocycles. The second-order valence-corrected chi connectivity index (χ2v) is 12.3. The molecule has 10 nitrogen and oxygen atoms in total. The second-order valence-electron chi connectivity index (χ2n) is 12.3. The first-order valence-electron chi connectivity index (χ1n) is 16.2. The van der Waals surface area contributed by atoms with E-state index in [-0.39, 0.29) is 40.6 Å². The highest BCUT2D eigenvalue weighted by Crippen LogP contribution is 2.34. The van der Waals surface area contributed by atoms with Crippen molar-refractivity contribution in [1.29, 1.82) is 0 Å². The molecule has 3 heterocycles. The van der Waals surface area contributed by atoms with Crippen LogP contribution in [0.3, 0.4) is 0 Å². The molecule has 1 aliphatic rings. The maximum atomic E-state index is 13.7. The van der Waals surface area contributed by atoms with Gasteiger partial charge in [0.25, 0.3) is 11.8 Å². The van der Waals surface area contributed by atoms with Crippen molar-refractivity contribution in [2.45, 2.75) is 32.3 Å². The molecule has 6 rings (SSSR count). The van der Waals surface area contributed by atoms with Crippen LogP contribution < -0.4 is 19.5 Å². The molecule has 1 aliphatic heterocycles. The lowest BCUT2D eigenvalue weighted by Gasteiger charge is -2.40. The first-order valence-corrected chi connectivity index (χ1v) is 16.2. The third-order valence-corrected chi connectivity index (χ3v) is 8.81. The van der Waals surface area contributed by atoms with Crippen molar-refractivity contribution in [2.75, 3.05) is 32.1 Å². The minimum absolute atomic E-state index is 0.0595. The number of pyridine rings is 1. The lowest BCUT2D eigenvalue weighted by molar-refractivity contribution is -0.137. The summed E-state index contributed by atoms with van der Waals surface area (Å²) in [7, 11) is 2.99. The molecule has 0 bridgehead atoms. The molecule has 1 fully saturated rings. The number of aryl methyl sites for hydroxylation is 1. The fourth-order valence-electron chi connectivity index (χ4n) is 6.05. The molecule has 0 saturated carbocycles. The molecule has 0 radical (unpaired) electrons. The number of hydrogen-bond acceptors (Lipinski definition) is 7. The summed E-state index contributed by atoms with van der Waals surface area (Å²) in [4.78, 5) is 34.8. The maximum absolute atomic E-state index is 13.7. The van der Waals surface area contributed by atoms with E-state index >= 15 is 0 Å². The SMILES string of the molecule is COc1cc(C(F)(F)F)ccc1C(=O)Nc1ccc(Oc2ccc3cc(C(=O)N4CCN(Cc5ccc(OC(F)F)cc5)[C@@H](C)C4)n(C)c3c2)nc1. The van der Waals surface area contributed by atoms with Gasteiger partial charge in [0, 0.05) is 56.8 Å². The number of halogens is 5. The monoisotopic (exact) mass is 723 g/mol. The highest BCUT2D eigenvalue weighted by molar-refractivity contribution is 6.06. The molecule has 2 amide bonds. The summed E-state index contributed by atoms with van der Waals surface area (Å²) in [6.07, 6.45) is -3.23. The number of nitrogens with one attached hydrogen (secondary N) is 1. The summed E-state index contributed by atoms with van der Waals surface area (Å²) in [5.74, 6) is -0.211. The van der Waals surface area contributed by atoms with Crippen LogP contribution in [-0.4, -0.2) is 70.6 Å². The van der Waals surface area contributed by atoms with Crippen LogP contribution in [0.15, 0.2) is 85.1 Å². The van der Waals surface area contributed by atoms with Gasteiger partial charge in [-0.15, -0.1) is 0 Å². The van der Waals surface area contributed by atoms with Gasteiger partial charge in [0.1, 0.15) is 22.9 Å². The van der Waals surface area contributed by atoms with Crippen molar-refractivity contribution >= 4 is 28.4 Å². The summed E-state index contributed by atoms with van der Waals surface area (Å²) in [5.41, 5.74) is 1.51. The van der Waals surface area contributed by atoms with E-state index < -0.39 is 24.3 Å². The van der Waals surface area contributed by atoms with E-state index in [9.17, 15) is 31.5 Å². The Bertz CT molecular complexity index is 2070. The Kier molecular flexibility index (Phi) is 10.3. The third-order valence-electron chi connectivity index (χ3n) is 8.81. The summed E-state index contributed by atoms with van der Waals surface area (Å²) in [5, 5.41) is 3.43. The zero-order valence-corrected chi connectivity index (χ0v) is 28.3. The van der Waals surface area contributed by atoms with Crippen molar-refractivity contribution in [2.24, 2.45) is 7.05 Å². The fraction of sp³-hybridized carbons (Fsp3) is 0.270. The molecule has 272 valence electrons. The van der Waals surface area contributed by atoms with Gasteiger partial charge in [-0.2, -0.15) is 22.0 Å². The van der Waals surface area contributed by atoms with Crippen LogP contribution in [0, 0.1) is 0 Å². The number of hydrogen-bond donors (Lipinski definition) is 1. The largest absolute Gasteiger partial charge is 0.496 e. The molecule has 1 N–H and O–H groups in total. The average molecular weight is 724 g/mol. The third kappa shape index (κ3) is 8.09. The van der Waals surface area contributed by atoms with Crippen molar-refractivity contribution in [3.05, 3.63) is 107 Å². The van der Waals surface area contributed by atoms with Crippen molar-refractivity contribution in [3.8, 4) is 23.1 Å². The fourth-order valence-corrected chi connectivity index (χ4v) is 6.05. The number of aromatic nitrogens is 2. The normalized spacial score (nSPS) is 15.2. The lowest BCUT2D eigenvalue weighted by Crippen LogP contribution is -2.53. The van der Waals surface area contributed by atoms with E-state index in [0.29, 0.717) is 37.6 Å². The number of carbonyl (C=O) groups excluding carboxylic acids is 2. The Morgan fingerprint density at radius 1 is 0.962 bits per heavy atom. The predicted octanol–water partition coefficient (Wildman–Crippen LogP) is 7.59. The predicted molar refractivity (Wildman–Crippen MR) is 182 cm³/mol. The molecule has 0 unspecified atom stereocenters. The molecule has 5 aromatic rings. The number of amides is 2. The summed E-state index contributed by atoms with van der Waals surface area (Å²) in [6, 6.07) is 19.5. The van der Waals surface area contributed by atoms with Crippen LogP contribution in [0.25, 0.3) is 10.9 Å². The number of fused-ring (bicyclic) bond motifs is 1. The number of benzene rings is 3. The molecule has 1 atom stereocenters. The number of anilines is 1. The molecular weight excluding hydrogens is 689 g/mol. The molecular formula is C37H34F5N5O5. The highest BCUT2D eigenvalue weighted by atomic mass is 19.4. The Balaban J connectivity index is 1.07. The average Bonchev–Trinajstić information content (AvgIpc) is 3.44. The van der Waals surface area contributed by atoms with Gasteiger partial charge >= 0.3 is 12.8 Å². The lowest BCUT2D eigenvalue weighted by atomic mass is 10.1. The van der Waals surface area contributed by atoms with Gasteiger partial charge in [0.15, 0.2) is 0 Å². The summed E-state index contributed by atoms with van der Waals surface area (Å²) in [6.45, 7) is 1.46. The summed E-state index contributed by atoms with van der Waals surface area (Å²) < 4.78 is 81.4. The number of rotatable bonds is 10. The van der Waals surface area contributed by atoms with E-state index in [0.717, 1.165) is 34.7 Å². The van der Waals surface area contributed by atoms with Gasteiger partial charge < -0.3 is 29.0 Å². The van der Waals surface area contributed by atoms with Gasteiger partial charge in [-0.05, 0) is 67.1 Å². The van der Waals surface area contributed by atoms with Gasteiger partial charge in [-0.1, -0.05) is 12.1 Å². The number of nitrogens with zero attached hydrogens (tertiary/aromatic N) is 4. The van der Waals surface area contributed by atoms with Crippen LogP contribution in [0.4, 0.5) is 27.6 Å². The van der Waals surface area contributed by atoms with Crippen molar-refractivity contribution in [3.63, 3.8) is 0 Å². The van der Waals surface area contributed by atoms with Crippen molar-refractivity contribution < 1.29 is 45.8 Å². The first-order chi connectivity index (χ1) is 24.8. The van der Waals surface area contributed by atoms with Crippen LogP contribution in [0.5, 0.6) is 23.1 Å². The van der Waals surface area contributed by atoms with Crippen LogP contribution in [0.2, 0.25) is 0 Å². The number of carbonyl (C=O) groups is 2. The maximum Gasteiger partial charge on any atom is 0.416 e. The molecule has 1 saturated heterocycles. The topological polar surface area (TPSA) is 98.2 Å². The summed E-state index contributed by atoms with van der Waals surface area (Å²) >= 11 is 0. The van der Waals surface area contributed by atoms with Crippen LogP contribution >= 0.6 is 0 Å². The van der Waals surface area contributed by atoms with E-state index in [1.165, 1.54) is 37.6 Å². The number of methoxy groups -OCH3 is 1. The van der Waals surface area contributed by atoms with E-state index in [1.54, 1.807) is 24.3 Å². The van der Waals surface area contributed by atoms with Gasteiger partial charge in [-0.3, -0.25) is 14.5 Å². The van der Waals surface area contributed by atoms with Crippen LogP contribution in [-0.2, 0) is 19.8 Å². The minimum atomic E-state index is -4.58. The van der Waals surface area contributed by atoms with E-state index in [4.69, 9.17) is 9.47 Å². The number of alkyl halides is 5. The second kappa shape index (κ2) is 14.9. The van der Waals surface area contributed by atoms with Crippen molar-refractivity contribution in [1.82, 2.24) is 19.4 Å². The zero-order valence-electron chi connectivity index (χ0n) is 28.3. The van der Waals surface area contributed by atoms with Gasteiger partial charge in [0.2, 0.25) is 5.88 Å². The Labute approximate surface area is 295 Å². The van der Waals surface area contributed by atoms with E-state index in [1.807, 2.05) is 35.6 Å². The molecule has 15 heteroatoms. The standard InChI is InChI=1S/C37H34F5N5O5/c1-22-20-47(15-14-46(22)21-23-4-9-27(10-5-23)52-36(38)39)35(49)31-16-24-6-11-28(18-30(24)45(31)2)51-33-13-8-26(19-43-33)44-34(48)29-12-7-25(37(40,41)42)17-32(29)50-3/h4-13,16-19,22,36H,14-15,20-21H2,1-3H3,(H,44,48)/t22-/m0/s1. The molecule has 52 heavy (non-hydrogen) atoms. The zero-order chi connectivity index (χ0) is 37.2. The van der Waals surface area contributed by atoms with Crippen LogP contribution in [0.1, 0.15) is 38.9 Å². The Hall–Kier alpha value is -5.70. The van der Waals surface area contributed by atoms with Gasteiger partial charge in [-0.25, -0.2) is 4.98 Å². The number of ether oxygens (including phenoxy) is 3. The Morgan fingerprint density at radius 2 is 1.71 bits per heavy atom. The molecule has 0 spiro atoms. The smallest absolute Gasteiger partial charge is 0.416 e. The Morgan fingerprint density at radius 3 is 2.37 bits per heavy atom. The quantitative estimate of drug-likeness (QED) is 0.148. The van der Waals surface area contributed by atoms with E-state index in [2.05, 4.69) is 19.9 Å². The first kappa shape index (κ1) is 36.1. The minimum Gasteiger partial charge on any atom is -0.496 e.